The van der Waals surface area contributed by atoms with Crippen molar-refractivity contribution < 1.29 is 4.79 Å². The monoisotopic (exact) mass is 484 g/mol. The summed E-state index contributed by atoms with van der Waals surface area (Å²) in [6, 6.07) is 16.2. The third kappa shape index (κ3) is 5.79. The lowest BCUT2D eigenvalue weighted by Crippen LogP contribution is -2.27. The van der Waals surface area contributed by atoms with Gasteiger partial charge in [-0.25, -0.2) is 9.67 Å². The van der Waals surface area contributed by atoms with E-state index in [1.54, 1.807) is 17.3 Å². The van der Waals surface area contributed by atoms with Gasteiger partial charge in [-0.15, -0.1) is 0 Å². The molecule has 0 aliphatic carbocycles. The molecule has 3 heterocycles. The van der Waals surface area contributed by atoms with Gasteiger partial charge < -0.3 is 9.80 Å². The molecule has 0 saturated carbocycles. The molecule has 0 unspecified atom stereocenters. The Morgan fingerprint density at radius 1 is 1.06 bits per heavy atom. The van der Waals surface area contributed by atoms with E-state index in [0.717, 1.165) is 41.1 Å². The van der Waals surface area contributed by atoms with E-state index in [9.17, 15) is 4.79 Å². The van der Waals surface area contributed by atoms with Gasteiger partial charge >= 0.3 is 0 Å². The fourth-order valence-electron chi connectivity index (χ4n) is 4.38. The summed E-state index contributed by atoms with van der Waals surface area (Å²) in [5, 5.41) is 5.33. The van der Waals surface area contributed by atoms with E-state index in [4.69, 9.17) is 4.98 Å². The molecule has 1 amide bonds. The van der Waals surface area contributed by atoms with Gasteiger partial charge in [0, 0.05) is 31.4 Å². The summed E-state index contributed by atoms with van der Waals surface area (Å²) in [5.74, 6) is -0.0759. The number of nitrogens with zero attached hydrogens (tertiary/aromatic N) is 6. The van der Waals surface area contributed by atoms with E-state index in [1.165, 1.54) is 18.4 Å². The largest absolute Gasteiger partial charge is 0.336 e. The molecule has 0 aliphatic rings. The highest BCUT2D eigenvalue weighted by Gasteiger charge is 2.21. The second kappa shape index (κ2) is 11.4. The van der Waals surface area contributed by atoms with Crippen LogP contribution >= 0.6 is 0 Å². The molecule has 3 aromatic heterocycles. The third-order valence-corrected chi connectivity index (χ3v) is 6.33. The lowest BCUT2D eigenvalue weighted by molar-refractivity contribution is 0.0785. The Morgan fingerprint density at radius 2 is 1.89 bits per heavy atom. The number of pyridine rings is 2. The number of fused-ring (bicyclic) bond motifs is 1. The van der Waals surface area contributed by atoms with Crippen molar-refractivity contribution in [1.29, 1.82) is 0 Å². The molecular formula is C29H36N6O. The van der Waals surface area contributed by atoms with Crippen LogP contribution in [0.15, 0.2) is 60.9 Å². The maximum atomic E-state index is 13.7. The second-order valence-corrected chi connectivity index (χ2v) is 9.75. The minimum Gasteiger partial charge on any atom is -0.336 e. The van der Waals surface area contributed by atoms with Crippen LogP contribution in [0.2, 0.25) is 0 Å². The standard InChI is InChI=1S/C29H36N6O/c1-6-7-15-33(4)19-22-11-10-12-23(16-22)27-17-25(26-18-31-35(21(2)3)28(26)32-27)29(36)34(5)20-24-13-8-9-14-30-24/h8-14,16-18,21H,6-7,15,19-20H2,1-5H3. The van der Waals surface area contributed by atoms with Gasteiger partial charge in [-0.1, -0.05) is 37.6 Å². The summed E-state index contributed by atoms with van der Waals surface area (Å²) < 4.78 is 1.89. The number of hydrogen-bond acceptors (Lipinski definition) is 5. The van der Waals surface area contributed by atoms with Crippen molar-refractivity contribution in [3.8, 4) is 11.3 Å². The number of carbonyl (C=O) groups is 1. The zero-order valence-corrected chi connectivity index (χ0v) is 22.0. The average Bonchev–Trinajstić information content (AvgIpc) is 3.32. The maximum Gasteiger partial charge on any atom is 0.254 e. The molecule has 0 aliphatic heterocycles. The van der Waals surface area contributed by atoms with E-state index >= 15 is 0 Å². The molecule has 7 heteroatoms. The molecular weight excluding hydrogens is 448 g/mol. The Bertz CT molecular complexity index is 1310. The van der Waals surface area contributed by atoms with Crippen LogP contribution in [0.1, 0.15) is 61.3 Å². The normalized spacial score (nSPS) is 11.5. The summed E-state index contributed by atoms with van der Waals surface area (Å²) >= 11 is 0. The molecule has 4 aromatic rings. The molecule has 0 saturated heterocycles. The van der Waals surface area contributed by atoms with E-state index in [-0.39, 0.29) is 11.9 Å². The second-order valence-electron chi connectivity index (χ2n) is 9.75. The van der Waals surface area contributed by atoms with E-state index in [0.29, 0.717) is 12.1 Å². The number of carbonyl (C=O) groups excluding carboxylic acids is 1. The fraction of sp³-hybridized carbons (Fsp3) is 0.379. The van der Waals surface area contributed by atoms with Gasteiger partial charge in [0.15, 0.2) is 5.65 Å². The van der Waals surface area contributed by atoms with Crippen LogP contribution in [0.5, 0.6) is 0 Å². The lowest BCUT2D eigenvalue weighted by atomic mass is 10.0. The molecule has 7 nitrogen and oxygen atoms in total. The SMILES string of the molecule is CCCCN(C)Cc1cccc(-c2cc(C(=O)N(C)Cc3ccccn3)c3cnn(C(C)C)c3n2)c1. The smallest absolute Gasteiger partial charge is 0.254 e. The molecule has 0 spiro atoms. The molecule has 0 atom stereocenters. The van der Waals surface area contributed by atoms with E-state index < -0.39 is 0 Å². The van der Waals surface area contributed by atoms with Gasteiger partial charge in [0.1, 0.15) is 0 Å². The van der Waals surface area contributed by atoms with Crippen molar-refractivity contribution >= 4 is 16.9 Å². The highest BCUT2D eigenvalue weighted by atomic mass is 16.2. The van der Waals surface area contributed by atoms with E-state index in [1.807, 2.05) is 36.0 Å². The first kappa shape index (κ1) is 25.5. The van der Waals surface area contributed by atoms with Crippen LogP contribution in [-0.4, -0.2) is 56.1 Å². The minimum atomic E-state index is -0.0759. The van der Waals surface area contributed by atoms with Crippen molar-refractivity contribution in [2.45, 2.75) is 52.7 Å². The zero-order chi connectivity index (χ0) is 25.7. The number of hydrogen-bond donors (Lipinski definition) is 0. The highest BCUT2D eigenvalue weighted by Crippen LogP contribution is 2.28. The fourth-order valence-corrected chi connectivity index (χ4v) is 4.38. The number of amides is 1. The first-order valence-electron chi connectivity index (χ1n) is 12.7. The van der Waals surface area contributed by atoms with Crippen molar-refractivity contribution in [2.75, 3.05) is 20.6 Å². The number of rotatable bonds is 10. The number of benzene rings is 1. The Hall–Kier alpha value is -3.58. The minimum absolute atomic E-state index is 0.0759. The summed E-state index contributed by atoms with van der Waals surface area (Å²) in [6.45, 7) is 8.73. The summed E-state index contributed by atoms with van der Waals surface area (Å²) in [5.41, 5.74) is 5.17. The molecule has 188 valence electrons. The molecule has 0 fully saturated rings. The topological polar surface area (TPSA) is 67.2 Å². The van der Waals surface area contributed by atoms with Crippen LogP contribution in [-0.2, 0) is 13.1 Å². The van der Waals surface area contributed by atoms with Crippen LogP contribution in [0.3, 0.4) is 0 Å². The van der Waals surface area contributed by atoms with Gasteiger partial charge in [0.25, 0.3) is 5.91 Å². The van der Waals surface area contributed by atoms with Crippen LogP contribution in [0, 0.1) is 0 Å². The summed E-state index contributed by atoms with van der Waals surface area (Å²) in [6.07, 6.45) is 5.87. The van der Waals surface area contributed by atoms with Gasteiger partial charge in [-0.3, -0.25) is 9.78 Å². The molecule has 0 N–H and O–H groups in total. The Kier molecular flexibility index (Phi) is 8.10. The highest BCUT2D eigenvalue weighted by molar-refractivity contribution is 6.06. The van der Waals surface area contributed by atoms with Gasteiger partial charge in [0.2, 0.25) is 0 Å². The zero-order valence-electron chi connectivity index (χ0n) is 22.0. The van der Waals surface area contributed by atoms with Crippen molar-refractivity contribution in [1.82, 2.24) is 29.5 Å². The molecule has 0 bridgehead atoms. The predicted octanol–water partition coefficient (Wildman–Crippen LogP) is 5.58. The Morgan fingerprint density at radius 3 is 2.61 bits per heavy atom. The molecule has 0 radical (unpaired) electrons. The van der Waals surface area contributed by atoms with Crippen LogP contribution < -0.4 is 0 Å². The van der Waals surface area contributed by atoms with Gasteiger partial charge in [0.05, 0.1) is 35.1 Å². The summed E-state index contributed by atoms with van der Waals surface area (Å²) in [7, 11) is 3.96. The van der Waals surface area contributed by atoms with Crippen molar-refractivity contribution in [3.05, 3.63) is 77.7 Å². The average molecular weight is 485 g/mol. The van der Waals surface area contributed by atoms with Gasteiger partial charge in [-0.2, -0.15) is 5.10 Å². The van der Waals surface area contributed by atoms with Crippen LogP contribution in [0.25, 0.3) is 22.3 Å². The molecule has 36 heavy (non-hydrogen) atoms. The Balaban J connectivity index is 1.72. The first-order chi connectivity index (χ1) is 17.4. The Labute approximate surface area is 213 Å². The lowest BCUT2D eigenvalue weighted by Gasteiger charge is -2.19. The quantitative estimate of drug-likeness (QED) is 0.294. The summed E-state index contributed by atoms with van der Waals surface area (Å²) in [4.78, 5) is 27.1. The predicted molar refractivity (Wildman–Crippen MR) is 145 cm³/mol. The first-order valence-corrected chi connectivity index (χ1v) is 12.7. The van der Waals surface area contributed by atoms with Gasteiger partial charge in [-0.05, 0) is 63.7 Å². The molecule has 1 aromatic carbocycles. The molecule has 4 rings (SSSR count). The van der Waals surface area contributed by atoms with Crippen LogP contribution in [0.4, 0.5) is 0 Å². The maximum absolute atomic E-state index is 13.7. The van der Waals surface area contributed by atoms with Crippen molar-refractivity contribution in [2.24, 2.45) is 0 Å². The number of unbranched alkanes of at least 4 members (excludes halogenated alkanes) is 1. The van der Waals surface area contributed by atoms with Crippen molar-refractivity contribution in [3.63, 3.8) is 0 Å². The third-order valence-electron chi connectivity index (χ3n) is 6.33. The number of aromatic nitrogens is 4. The van der Waals surface area contributed by atoms with E-state index in [2.05, 4.69) is 67.1 Å².